The number of fused-ring (bicyclic) bond motifs is 4. The molecule has 0 aliphatic carbocycles. The van der Waals surface area contributed by atoms with Gasteiger partial charge in [-0.2, -0.15) is 5.10 Å². The molecule has 5 amide bonds. The number of alkyl halides is 2. The molecule has 6 aliphatic heterocycles. The molecular weight excluding hydrogens is 761 g/mol. The third-order valence-corrected chi connectivity index (χ3v) is 13.0. The van der Waals surface area contributed by atoms with Gasteiger partial charge in [-0.25, -0.2) is 8.78 Å². The van der Waals surface area contributed by atoms with Crippen molar-refractivity contribution in [1.29, 1.82) is 0 Å². The molecule has 0 bridgehead atoms. The van der Waals surface area contributed by atoms with Gasteiger partial charge in [-0.15, -0.1) is 0 Å². The van der Waals surface area contributed by atoms with Gasteiger partial charge in [0.1, 0.15) is 6.04 Å². The Morgan fingerprint density at radius 3 is 2.42 bits per heavy atom. The van der Waals surface area contributed by atoms with E-state index in [2.05, 4.69) is 24.8 Å². The number of halogens is 2. The molecule has 2 fully saturated rings. The molecule has 14 nitrogen and oxygen atoms in total. The number of aryl methyl sites for hydroxylation is 1. The molecule has 2 aromatic heterocycles. The van der Waals surface area contributed by atoms with Crippen LogP contribution in [0.2, 0.25) is 0 Å². The summed E-state index contributed by atoms with van der Waals surface area (Å²) in [4.78, 5) is 77.1. The van der Waals surface area contributed by atoms with Crippen molar-refractivity contribution in [2.24, 2.45) is 0 Å². The van der Waals surface area contributed by atoms with Gasteiger partial charge in [0.25, 0.3) is 18.2 Å². The summed E-state index contributed by atoms with van der Waals surface area (Å²) in [5, 5.41) is 7.54. The van der Waals surface area contributed by atoms with Gasteiger partial charge in [0.05, 0.1) is 41.3 Å². The Hall–Kier alpha value is -6.19. The summed E-state index contributed by atoms with van der Waals surface area (Å²) < 4.78 is 32.1. The smallest absolute Gasteiger partial charge is 0.265 e. The van der Waals surface area contributed by atoms with Gasteiger partial charge >= 0.3 is 0 Å². The predicted molar refractivity (Wildman–Crippen MR) is 214 cm³/mol. The highest BCUT2D eigenvalue weighted by molar-refractivity contribution is 6.23. The SMILES string of the molecule is CC(=O)N1CCc2c(c(N3CCCc4cc(N5CCc6ccncc65)c(C(F)F)cc43)nn2C2CCN(c3ccc4c(c3)C(=O)N(C3CCC(=O)NC3=O)C4=O)CC2)C1.[HH]. The van der Waals surface area contributed by atoms with Gasteiger partial charge in [-0.3, -0.25) is 43.9 Å². The second-order valence-corrected chi connectivity index (χ2v) is 16.3. The van der Waals surface area contributed by atoms with E-state index in [1.165, 1.54) is 0 Å². The van der Waals surface area contributed by atoms with Crippen LogP contribution < -0.4 is 20.0 Å². The van der Waals surface area contributed by atoms with E-state index in [1.807, 2.05) is 28.0 Å². The topological polar surface area (TPSA) is 144 Å². The minimum atomic E-state index is -2.70. The van der Waals surface area contributed by atoms with Crippen LogP contribution in [0.15, 0.2) is 48.8 Å². The first kappa shape index (κ1) is 37.1. The fraction of sp³-hybridized carbons (Fsp3) is 0.419. The summed E-state index contributed by atoms with van der Waals surface area (Å²) in [5.74, 6) is -1.46. The van der Waals surface area contributed by atoms with E-state index in [4.69, 9.17) is 5.10 Å². The Balaban J connectivity index is 0.00000462. The highest BCUT2D eigenvalue weighted by Crippen LogP contribution is 2.46. The van der Waals surface area contributed by atoms with Crippen LogP contribution in [0.3, 0.4) is 0 Å². The summed E-state index contributed by atoms with van der Waals surface area (Å²) >= 11 is 0. The molecule has 4 aromatic rings. The Morgan fingerprint density at radius 2 is 1.64 bits per heavy atom. The van der Waals surface area contributed by atoms with Crippen LogP contribution in [0.1, 0.15) is 102 Å². The lowest BCUT2D eigenvalue weighted by Gasteiger charge is -2.35. The minimum Gasteiger partial charge on any atom is -0.371 e. The van der Waals surface area contributed by atoms with Crippen LogP contribution in [0.4, 0.5) is 37.3 Å². The fourth-order valence-corrected chi connectivity index (χ4v) is 9.98. The van der Waals surface area contributed by atoms with Crippen molar-refractivity contribution in [3.05, 3.63) is 87.9 Å². The van der Waals surface area contributed by atoms with Crippen molar-refractivity contribution in [3.8, 4) is 0 Å². The maximum atomic E-state index is 15.0. The van der Waals surface area contributed by atoms with Gasteiger partial charge in [0.2, 0.25) is 17.7 Å². The average molecular weight is 806 g/mol. The van der Waals surface area contributed by atoms with E-state index >= 15 is 8.78 Å². The Labute approximate surface area is 340 Å². The number of rotatable bonds is 6. The monoisotopic (exact) mass is 805 g/mol. The molecule has 306 valence electrons. The number of carbonyl (C=O) groups excluding carboxylic acids is 5. The number of pyridine rings is 1. The Morgan fingerprint density at radius 1 is 0.831 bits per heavy atom. The van der Waals surface area contributed by atoms with Crippen LogP contribution >= 0.6 is 0 Å². The van der Waals surface area contributed by atoms with Crippen LogP contribution in [0.25, 0.3) is 0 Å². The molecular formula is C43H45F2N9O5. The lowest BCUT2D eigenvalue weighted by Crippen LogP contribution is -2.54. The van der Waals surface area contributed by atoms with Crippen molar-refractivity contribution in [2.75, 3.05) is 47.4 Å². The zero-order valence-electron chi connectivity index (χ0n) is 32.6. The van der Waals surface area contributed by atoms with Crippen molar-refractivity contribution in [2.45, 2.75) is 83.3 Å². The number of imide groups is 2. The third-order valence-electron chi connectivity index (χ3n) is 13.0. The summed E-state index contributed by atoms with van der Waals surface area (Å²) in [6.07, 6.45) is 5.35. The zero-order valence-corrected chi connectivity index (χ0v) is 32.6. The average Bonchev–Trinajstić information content (AvgIpc) is 3.92. The lowest BCUT2D eigenvalue weighted by molar-refractivity contribution is -0.136. The number of carbonyl (C=O) groups is 5. The van der Waals surface area contributed by atoms with Crippen LogP contribution in [0.5, 0.6) is 0 Å². The number of nitrogens with one attached hydrogen (secondary N) is 1. The minimum absolute atomic E-state index is 0. The largest absolute Gasteiger partial charge is 0.371 e. The van der Waals surface area contributed by atoms with E-state index < -0.39 is 36.1 Å². The van der Waals surface area contributed by atoms with E-state index in [-0.39, 0.29) is 42.9 Å². The second kappa shape index (κ2) is 14.3. The fourth-order valence-electron chi connectivity index (χ4n) is 9.98. The zero-order chi connectivity index (χ0) is 40.7. The highest BCUT2D eigenvalue weighted by Gasteiger charge is 2.45. The van der Waals surface area contributed by atoms with E-state index in [0.717, 1.165) is 76.5 Å². The van der Waals surface area contributed by atoms with Crippen LogP contribution in [-0.2, 0) is 40.2 Å². The molecule has 0 radical (unpaired) electrons. The Kier molecular flexibility index (Phi) is 8.98. The molecule has 1 unspecified atom stereocenters. The number of aromatic nitrogens is 3. The van der Waals surface area contributed by atoms with Gasteiger partial charge in [0.15, 0.2) is 5.82 Å². The third kappa shape index (κ3) is 6.13. The number of piperidine rings is 2. The van der Waals surface area contributed by atoms with Crippen LogP contribution in [-0.4, -0.2) is 92.9 Å². The van der Waals surface area contributed by atoms with E-state index in [0.29, 0.717) is 57.2 Å². The summed E-state index contributed by atoms with van der Waals surface area (Å²) in [5.41, 5.74) is 7.44. The molecule has 16 heteroatoms. The van der Waals surface area contributed by atoms with Gasteiger partial charge in [0, 0.05) is 88.3 Å². The number of nitrogens with zero attached hydrogens (tertiary/aromatic N) is 8. The molecule has 10 rings (SSSR count). The van der Waals surface area contributed by atoms with Gasteiger partial charge in [-0.05, 0) is 86.1 Å². The molecule has 1 N–H and O–H groups in total. The molecule has 6 aliphatic rings. The summed E-state index contributed by atoms with van der Waals surface area (Å²) in [7, 11) is 0. The first-order valence-electron chi connectivity index (χ1n) is 20.4. The highest BCUT2D eigenvalue weighted by atomic mass is 19.3. The van der Waals surface area contributed by atoms with Crippen molar-refractivity contribution in [3.63, 3.8) is 0 Å². The van der Waals surface area contributed by atoms with Crippen molar-refractivity contribution >= 4 is 58.1 Å². The van der Waals surface area contributed by atoms with Gasteiger partial charge < -0.3 is 19.6 Å². The standard InChI is InChI=1S/C43H43F2N9O5.H2/c1-24(55)50-17-12-33-32(23-50)40(52-14-2-3-26-19-36(31(39(44)45)21-35(26)52)51-18-9-25-8-13-46-22-37(25)51)48-54(33)27-10-15-49(16-11-27)28-4-5-29-30(20-28)43(59)53(42(29)58)34-6-7-38(56)47-41(34)57;/h4-5,8,13,19-22,27,34,39H,2-3,6-7,9-12,14-18,23H2,1H3,(H,47,56,57);1H. The first-order valence-corrected chi connectivity index (χ1v) is 20.4. The molecule has 0 spiro atoms. The molecule has 0 saturated carbocycles. The maximum Gasteiger partial charge on any atom is 0.265 e. The normalized spacial score (nSPS) is 20.6. The van der Waals surface area contributed by atoms with Crippen molar-refractivity contribution < 1.29 is 34.2 Å². The lowest BCUT2D eigenvalue weighted by atomic mass is 9.96. The second-order valence-electron chi connectivity index (χ2n) is 16.3. The van der Waals surface area contributed by atoms with Gasteiger partial charge in [-0.1, -0.05) is 0 Å². The molecule has 1 atom stereocenters. The van der Waals surface area contributed by atoms with E-state index in [9.17, 15) is 24.0 Å². The summed E-state index contributed by atoms with van der Waals surface area (Å²) in [6, 6.07) is 9.72. The molecule has 8 heterocycles. The first-order chi connectivity index (χ1) is 28.5. The van der Waals surface area contributed by atoms with E-state index in [1.54, 1.807) is 37.5 Å². The van der Waals surface area contributed by atoms with Crippen LogP contribution in [0, 0.1) is 0 Å². The number of hydrogen-bond donors (Lipinski definition) is 1. The number of anilines is 5. The maximum absolute atomic E-state index is 15.0. The molecule has 2 saturated heterocycles. The molecule has 59 heavy (non-hydrogen) atoms. The quantitative estimate of drug-likeness (QED) is 0.252. The number of hydrogen-bond acceptors (Lipinski definition) is 10. The Bertz CT molecular complexity index is 2470. The predicted octanol–water partition coefficient (Wildman–Crippen LogP) is 5.39. The molecule has 2 aromatic carbocycles. The number of amides is 5. The summed E-state index contributed by atoms with van der Waals surface area (Å²) in [6.45, 7) is 5.02. The van der Waals surface area contributed by atoms with Crippen molar-refractivity contribution in [1.82, 2.24) is 29.9 Å². The number of benzene rings is 2.